The molecule has 14 heavy (non-hydrogen) atoms. The minimum Gasteiger partial charge on any atom is -0.317 e. The Hall–Kier alpha value is 0.500. The molecule has 0 aliphatic carbocycles. The standard InChI is InChI=1S/C10H20N2.2ClH/c1-2-12-9-3-4-10(12)5-7-11-8-6-10;;/h11H,2-9H2,1H3;2*1H. The first-order chi connectivity index (χ1) is 5.87. The molecule has 0 unspecified atom stereocenters. The number of nitrogens with zero attached hydrogens (tertiary/aromatic N) is 1. The summed E-state index contributed by atoms with van der Waals surface area (Å²) in [6, 6.07) is 0. The Morgan fingerprint density at radius 1 is 1.14 bits per heavy atom. The Morgan fingerprint density at radius 3 is 2.36 bits per heavy atom. The third kappa shape index (κ3) is 2.54. The van der Waals surface area contributed by atoms with Gasteiger partial charge < -0.3 is 5.32 Å². The van der Waals surface area contributed by atoms with Crippen LogP contribution in [0.2, 0.25) is 0 Å². The summed E-state index contributed by atoms with van der Waals surface area (Å²) in [7, 11) is 0. The van der Waals surface area contributed by atoms with Crippen LogP contribution in [0.5, 0.6) is 0 Å². The first kappa shape index (κ1) is 14.5. The van der Waals surface area contributed by atoms with Gasteiger partial charge in [-0.1, -0.05) is 6.92 Å². The molecule has 2 nitrogen and oxygen atoms in total. The summed E-state index contributed by atoms with van der Waals surface area (Å²) in [5.74, 6) is 0. The van der Waals surface area contributed by atoms with E-state index in [2.05, 4.69) is 17.1 Å². The zero-order valence-corrected chi connectivity index (χ0v) is 10.6. The van der Waals surface area contributed by atoms with E-state index < -0.39 is 0 Å². The smallest absolute Gasteiger partial charge is 0.0234 e. The van der Waals surface area contributed by atoms with E-state index in [9.17, 15) is 0 Å². The number of hydrogen-bond acceptors (Lipinski definition) is 2. The highest BCUT2D eigenvalue weighted by atomic mass is 35.5. The Kier molecular flexibility index (Phi) is 6.38. The van der Waals surface area contributed by atoms with Crippen LogP contribution in [0, 0.1) is 0 Å². The number of nitrogens with one attached hydrogen (secondary N) is 1. The maximum atomic E-state index is 3.45. The first-order valence-corrected chi connectivity index (χ1v) is 5.33. The summed E-state index contributed by atoms with van der Waals surface area (Å²) < 4.78 is 0. The molecule has 2 fully saturated rings. The second-order valence-corrected chi connectivity index (χ2v) is 4.16. The highest BCUT2D eigenvalue weighted by molar-refractivity contribution is 5.85. The second kappa shape index (κ2) is 6.16. The van der Waals surface area contributed by atoms with Gasteiger partial charge in [0.1, 0.15) is 0 Å². The highest BCUT2D eigenvalue weighted by Crippen LogP contribution is 2.36. The van der Waals surface area contributed by atoms with Crippen molar-refractivity contribution in [3.05, 3.63) is 0 Å². The number of piperidine rings is 1. The summed E-state index contributed by atoms with van der Waals surface area (Å²) in [6.45, 7) is 7.36. The minimum atomic E-state index is 0. The average molecular weight is 241 g/mol. The molecule has 1 N–H and O–H groups in total. The molecule has 0 amide bonds. The van der Waals surface area contributed by atoms with Gasteiger partial charge in [-0.25, -0.2) is 0 Å². The Labute approximate surface area is 99.6 Å². The summed E-state index contributed by atoms with van der Waals surface area (Å²) >= 11 is 0. The van der Waals surface area contributed by atoms with Crippen molar-refractivity contribution in [1.82, 2.24) is 10.2 Å². The van der Waals surface area contributed by atoms with E-state index in [0.717, 1.165) is 0 Å². The SMILES string of the molecule is CCN1CCCC12CCNCC2.Cl.Cl. The molecule has 1 spiro atoms. The van der Waals surface area contributed by atoms with Crippen LogP contribution < -0.4 is 5.32 Å². The molecule has 2 aliphatic heterocycles. The topological polar surface area (TPSA) is 15.3 Å². The van der Waals surface area contributed by atoms with E-state index in [1.165, 1.54) is 51.9 Å². The molecule has 0 atom stereocenters. The van der Waals surface area contributed by atoms with Gasteiger partial charge in [0.25, 0.3) is 0 Å². The first-order valence-electron chi connectivity index (χ1n) is 5.33. The molecule has 86 valence electrons. The molecule has 2 heterocycles. The quantitative estimate of drug-likeness (QED) is 0.756. The molecule has 0 radical (unpaired) electrons. The molecule has 0 aromatic rings. The summed E-state index contributed by atoms with van der Waals surface area (Å²) in [4.78, 5) is 2.70. The average Bonchev–Trinajstić information content (AvgIpc) is 2.49. The lowest BCUT2D eigenvalue weighted by atomic mass is 9.86. The van der Waals surface area contributed by atoms with Crippen molar-refractivity contribution in [3.8, 4) is 0 Å². The van der Waals surface area contributed by atoms with Gasteiger partial charge in [-0.2, -0.15) is 0 Å². The van der Waals surface area contributed by atoms with E-state index in [1.807, 2.05) is 0 Å². The molecule has 0 saturated carbocycles. The van der Waals surface area contributed by atoms with Crippen LogP contribution >= 0.6 is 24.8 Å². The van der Waals surface area contributed by atoms with Crippen LogP contribution in [0.4, 0.5) is 0 Å². The molecular formula is C10H22Cl2N2. The van der Waals surface area contributed by atoms with Crippen molar-refractivity contribution in [2.24, 2.45) is 0 Å². The van der Waals surface area contributed by atoms with Gasteiger partial charge in [0, 0.05) is 5.54 Å². The van der Waals surface area contributed by atoms with Crippen LogP contribution in [0.1, 0.15) is 32.6 Å². The predicted octanol–water partition coefficient (Wildman–Crippen LogP) is 2.07. The lowest BCUT2D eigenvalue weighted by molar-refractivity contribution is 0.106. The largest absolute Gasteiger partial charge is 0.317 e. The van der Waals surface area contributed by atoms with Gasteiger partial charge in [-0.3, -0.25) is 4.90 Å². The van der Waals surface area contributed by atoms with Gasteiger partial charge >= 0.3 is 0 Å². The highest BCUT2D eigenvalue weighted by Gasteiger charge is 2.40. The van der Waals surface area contributed by atoms with Gasteiger partial charge in [0.2, 0.25) is 0 Å². The van der Waals surface area contributed by atoms with E-state index in [0.29, 0.717) is 5.54 Å². The molecule has 2 rings (SSSR count). The monoisotopic (exact) mass is 240 g/mol. The van der Waals surface area contributed by atoms with Crippen molar-refractivity contribution < 1.29 is 0 Å². The third-order valence-electron chi connectivity index (χ3n) is 3.66. The normalized spacial score (nSPS) is 25.5. The Bertz CT molecular complexity index is 158. The lowest BCUT2D eigenvalue weighted by Crippen LogP contribution is -2.50. The number of halogens is 2. The van der Waals surface area contributed by atoms with Gasteiger partial charge in [-0.15, -0.1) is 24.8 Å². The molecule has 0 aromatic carbocycles. The van der Waals surface area contributed by atoms with Gasteiger partial charge in [0.05, 0.1) is 0 Å². The van der Waals surface area contributed by atoms with Gasteiger partial charge in [0.15, 0.2) is 0 Å². The fourth-order valence-electron chi connectivity index (χ4n) is 2.95. The molecular weight excluding hydrogens is 219 g/mol. The zero-order chi connectivity index (χ0) is 8.44. The van der Waals surface area contributed by atoms with Crippen LogP contribution in [0.25, 0.3) is 0 Å². The van der Waals surface area contributed by atoms with Crippen molar-refractivity contribution in [2.45, 2.75) is 38.1 Å². The maximum Gasteiger partial charge on any atom is 0.0234 e. The van der Waals surface area contributed by atoms with Crippen molar-refractivity contribution >= 4 is 24.8 Å². The molecule has 0 bridgehead atoms. The molecule has 0 aromatic heterocycles. The van der Waals surface area contributed by atoms with Crippen molar-refractivity contribution in [2.75, 3.05) is 26.2 Å². The molecule has 4 heteroatoms. The fraction of sp³-hybridized carbons (Fsp3) is 1.00. The fourth-order valence-corrected chi connectivity index (χ4v) is 2.95. The Balaban J connectivity index is 0.000000845. The number of hydrogen-bond donors (Lipinski definition) is 1. The van der Waals surface area contributed by atoms with Crippen LogP contribution in [-0.2, 0) is 0 Å². The van der Waals surface area contributed by atoms with Crippen LogP contribution in [0.15, 0.2) is 0 Å². The second-order valence-electron chi connectivity index (χ2n) is 4.16. The van der Waals surface area contributed by atoms with E-state index >= 15 is 0 Å². The number of rotatable bonds is 1. The third-order valence-corrected chi connectivity index (χ3v) is 3.66. The van der Waals surface area contributed by atoms with Gasteiger partial charge in [-0.05, 0) is 51.9 Å². The van der Waals surface area contributed by atoms with Crippen molar-refractivity contribution in [3.63, 3.8) is 0 Å². The molecule has 2 saturated heterocycles. The lowest BCUT2D eigenvalue weighted by Gasteiger charge is -2.41. The molecule has 2 aliphatic rings. The Morgan fingerprint density at radius 2 is 1.79 bits per heavy atom. The summed E-state index contributed by atoms with van der Waals surface area (Å²) in [6.07, 6.45) is 5.62. The van der Waals surface area contributed by atoms with Crippen LogP contribution in [-0.4, -0.2) is 36.6 Å². The van der Waals surface area contributed by atoms with Crippen molar-refractivity contribution in [1.29, 1.82) is 0 Å². The summed E-state index contributed by atoms with van der Waals surface area (Å²) in [5.41, 5.74) is 0.611. The maximum absolute atomic E-state index is 3.45. The number of likely N-dealkylation sites (tertiary alicyclic amines) is 1. The minimum absolute atomic E-state index is 0. The van der Waals surface area contributed by atoms with E-state index in [1.54, 1.807) is 0 Å². The summed E-state index contributed by atoms with van der Waals surface area (Å²) in [5, 5.41) is 3.45. The predicted molar refractivity (Wildman–Crippen MR) is 65.8 cm³/mol. The van der Waals surface area contributed by atoms with Crippen LogP contribution in [0.3, 0.4) is 0 Å². The van der Waals surface area contributed by atoms with E-state index in [4.69, 9.17) is 0 Å². The van der Waals surface area contributed by atoms with E-state index in [-0.39, 0.29) is 24.8 Å². The zero-order valence-electron chi connectivity index (χ0n) is 8.92.